The fourth-order valence-corrected chi connectivity index (χ4v) is 1.78. The first-order valence-electron chi connectivity index (χ1n) is 5.56. The fourth-order valence-electron chi connectivity index (χ4n) is 1.65. The highest BCUT2D eigenvalue weighted by atomic mass is 35.5. The van der Waals surface area contributed by atoms with Crippen LogP contribution in [0.5, 0.6) is 0 Å². The van der Waals surface area contributed by atoms with Gasteiger partial charge < -0.3 is 9.74 Å². The molecule has 1 aromatic heterocycles. The third kappa shape index (κ3) is 3.19. The van der Waals surface area contributed by atoms with Crippen LogP contribution in [0.1, 0.15) is 19.3 Å². The first-order chi connectivity index (χ1) is 8.66. The maximum atomic E-state index is 13.2. The maximum Gasteiger partial charge on any atom is 0.434 e. The van der Waals surface area contributed by atoms with Crippen molar-refractivity contribution >= 4 is 23.5 Å². The number of carbonyl (C=O) groups is 1. The highest BCUT2D eigenvalue weighted by molar-refractivity contribution is 6.28. The molecule has 1 aliphatic rings. The number of hydrogen-bond acceptors (Lipinski definition) is 5. The van der Waals surface area contributed by atoms with Gasteiger partial charge in [0, 0.05) is 13.1 Å². The van der Waals surface area contributed by atoms with Crippen molar-refractivity contribution in [2.75, 3.05) is 18.6 Å². The van der Waals surface area contributed by atoms with Crippen molar-refractivity contribution in [3.05, 3.63) is 17.3 Å². The van der Waals surface area contributed by atoms with Gasteiger partial charge in [-0.1, -0.05) is 0 Å². The predicted molar refractivity (Wildman–Crippen MR) is 62.5 cm³/mol. The molecule has 1 aromatic rings. The lowest BCUT2D eigenvalue weighted by atomic mass is 10.1. The van der Waals surface area contributed by atoms with Crippen LogP contribution in [-0.2, 0) is 4.84 Å². The van der Waals surface area contributed by atoms with E-state index in [0.717, 1.165) is 25.5 Å². The molecule has 1 amide bonds. The van der Waals surface area contributed by atoms with E-state index in [0.29, 0.717) is 13.1 Å². The Hall–Kier alpha value is -1.63. The van der Waals surface area contributed by atoms with Crippen LogP contribution in [0, 0.1) is 5.82 Å². The van der Waals surface area contributed by atoms with E-state index in [1.54, 1.807) is 4.90 Å². The van der Waals surface area contributed by atoms with Gasteiger partial charge >= 0.3 is 6.09 Å². The Balaban J connectivity index is 1.90. The van der Waals surface area contributed by atoms with E-state index in [4.69, 9.17) is 16.4 Å². The monoisotopic (exact) mass is 274 g/mol. The number of amides is 1. The van der Waals surface area contributed by atoms with Gasteiger partial charge in [-0.05, 0) is 30.9 Å². The number of carbonyl (C=O) groups excluding carboxylic acids is 1. The molecule has 0 saturated carbocycles. The summed E-state index contributed by atoms with van der Waals surface area (Å²) in [6.07, 6.45) is 3.34. The minimum absolute atomic E-state index is 0.132. The summed E-state index contributed by atoms with van der Waals surface area (Å²) in [6.45, 7) is 1.29. The molecule has 0 bridgehead atoms. The highest BCUT2D eigenvalue weighted by Gasteiger charge is 2.18. The van der Waals surface area contributed by atoms with Gasteiger partial charge in [-0.3, -0.25) is 0 Å². The molecule has 1 fully saturated rings. The van der Waals surface area contributed by atoms with Gasteiger partial charge in [0.1, 0.15) is 0 Å². The number of halogens is 2. The molecular formula is C10H12ClFN4O2. The molecule has 98 valence electrons. The predicted octanol–water partition coefficient (Wildman–Crippen LogP) is 2.22. The number of rotatable bonds is 2. The summed E-state index contributed by atoms with van der Waals surface area (Å²) < 4.78 is 13.2. The lowest BCUT2D eigenvalue weighted by molar-refractivity contribution is 0.113. The number of piperidine rings is 1. The zero-order valence-electron chi connectivity index (χ0n) is 9.53. The zero-order chi connectivity index (χ0) is 13.0. The second-order valence-corrected chi connectivity index (χ2v) is 4.19. The van der Waals surface area contributed by atoms with E-state index in [1.807, 2.05) is 0 Å². The van der Waals surface area contributed by atoms with Gasteiger partial charge in [0.05, 0.1) is 6.20 Å². The lowest BCUT2D eigenvalue weighted by Crippen LogP contribution is -2.37. The van der Waals surface area contributed by atoms with Gasteiger partial charge in [-0.15, -0.1) is 0 Å². The minimum Gasteiger partial charge on any atom is -0.322 e. The van der Waals surface area contributed by atoms with E-state index in [2.05, 4.69) is 15.4 Å². The summed E-state index contributed by atoms with van der Waals surface area (Å²) in [7, 11) is 0. The maximum absolute atomic E-state index is 13.2. The van der Waals surface area contributed by atoms with Gasteiger partial charge in [0.25, 0.3) is 0 Å². The van der Waals surface area contributed by atoms with Gasteiger partial charge in [-0.25, -0.2) is 14.2 Å². The molecule has 8 heteroatoms. The Morgan fingerprint density at radius 1 is 1.44 bits per heavy atom. The van der Waals surface area contributed by atoms with Crippen LogP contribution in [0.2, 0.25) is 5.28 Å². The summed E-state index contributed by atoms with van der Waals surface area (Å²) in [5, 5.41) is -0.132. The van der Waals surface area contributed by atoms with Gasteiger partial charge in [0.15, 0.2) is 5.82 Å². The smallest absolute Gasteiger partial charge is 0.322 e. The molecule has 2 heterocycles. The van der Waals surface area contributed by atoms with Gasteiger partial charge in [0.2, 0.25) is 11.1 Å². The average Bonchev–Trinajstić information content (AvgIpc) is 2.40. The summed E-state index contributed by atoms with van der Waals surface area (Å²) in [4.78, 5) is 24.9. The van der Waals surface area contributed by atoms with E-state index >= 15 is 0 Å². The Kier molecular flexibility index (Phi) is 4.14. The Bertz CT molecular complexity index is 440. The second-order valence-electron chi connectivity index (χ2n) is 3.85. The lowest BCUT2D eigenvalue weighted by Gasteiger charge is -2.25. The molecule has 1 aliphatic heterocycles. The molecule has 0 atom stereocenters. The molecule has 0 radical (unpaired) electrons. The van der Waals surface area contributed by atoms with E-state index in [-0.39, 0.29) is 11.1 Å². The largest absolute Gasteiger partial charge is 0.434 e. The SMILES string of the molecule is O=C(ONc1nc(Cl)ncc1F)N1CCCCC1. The number of hydrogen-bond donors (Lipinski definition) is 1. The van der Waals surface area contributed by atoms with Crippen molar-refractivity contribution in [3.8, 4) is 0 Å². The summed E-state index contributed by atoms with van der Waals surface area (Å²) in [5.74, 6) is -1.01. The first-order valence-corrected chi connectivity index (χ1v) is 5.94. The number of aromatic nitrogens is 2. The molecule has 1 saturated heterocycles. The zero-order valence-corrected chi connectivity index (χ0v) is 10.3. The number of likely N-dealkylation sites (tertiary alicyclic amines) is 1. The number of anilines is 1. The Morgan fingerprint density at radius 2 is 2.17 bits per heavy atom. The van der Waals surface area contributed by atoms with Crippen molar-refractivity contribution < 1.29 is 14.0 Å². The quantitative estimate of drug-likeness (QED) is 0.662. The third-order valence-corrected chi connectivity index (χ3v) is 2.75. The minimum atomic E-state index is -0.745. The van der Waals surface area contributed by atoms with Crippen molar-refractivity contribution in [1.29, 1.82) is 0 Å². The summed E-state index contributed by atoms with van der Waals surface area (Å²) in [6, 6.07) is 0. The molecule has 0 aromatic carbocycles. The van der Waals surface area contributed by atoms with Crippen molar-refractivity contribution in [3.63, 3.8) is 0 Å². The van der Waals surface area contributed by atoms with Crippen LogP contribution in [-0.4, -0.2) is 34.1 Å². The highest BCUT2D eigenvalue weighted by Crippen LogP contribution is 2.13. The van der Waals surface area contributed by atoms with Crippen LogP contribution in [0.3, 0.4) is 0 Å². The first kappa shape index (κ1) is 12.8. The van der Waals surface area contributed by atoms with E-state index < -0.39 is 11.9 Å². The van der Waals surface area contributed by atoms with E-state index in [9.17, 15) is 9.18 Å². The average molecular weight is 275 g/mol. The van der Waals surface area contributed by atoms with Gasteiger partial charge in [-0.2, -0.15) is 10.5 Å². The van der Waals surface area contributed by atoms with Crippen molar-refractivity contribution in [2.45, 2.75) is 19.3 Å². The van der Waals surface area contributed by atoms with Crippen LogP contribution in [0.4, 0.5) is 15.0 Å². The van der Waals surface area contributed by atoms with Crippen LogP contribution < -0.4 is 5.48 Å². The molecule has 0 aliphatic carbocycles. The number of nitrogens with one attached hydrogen (secondary N) is 1. The summed E-state index contributed by atoms with van der Waals surface area (Å²) >= 11 is 5.50. The molecule has 2 rings (SSSR count). The molecule has 0 spiro atoms. The van der Waals surface area contributed by atoms with Crippen LogP contribution in [0.25, 0.3) is 0 Å². The second kappa shape index (κ2) is 5.81. The normalized spacial score (nSPS) is 15.3. The summed E-state index contributed by atoms with van der Waals surface area (Å²) in [5.41, 5.74) is 2.15. The molecule has 18 heavy (non-hydrogen) atoms. The molecule has 6 nitrogen and oxygen atoms in total. The van der Waals surface area contributed by atoms with E-state index in [1.165, 1.54) is 0 Å². The third-order valence-electron chi connectivity index (χ3n) is 2.56. The molecular weight excluding hydrogens is 263 g/mol. The molecule has 1 N–H and O–H groups in total. The Morgan fingerprint density at radius 3 is 2.89 bits per heavy atom. The fraction of sp³-hybridized carbons (Fsp3) is 0.500. The Labute approximate surface area is 108 Å². The topological polar surface area (TPSA) is 67.3 Å². The van der Waals surface area contributed by atoms with Crippen molar-refractivity contribution in [2.24, 2.45) is 0 Å². The molecule has 0 unspecified atom stereocenters. The number of nitrogens with zero attached hydrogens (tertiary/aromatic N) is 3. The standard InChI is InChI=1S/C10H12ClFN4O2/c11-9-13-6-7(12)8(14-9)15-18-10(17)16-4-2-1-3-5-16/h6H,1-5H2,(H,13,14,15). The van der Waals surface area contributed by atoms with Crippen LogP contribution in [0.15, 0.2) is 6.20 Å². The van der Waals surface area contributed by atoms with Crippen molar-refractivity contribution in [1.82, 2.24) is 14.9 Å². The van der Waals surface area contributed by atoms with Crippen LogP contribution >= 0.6 is 11.6 Å².